The highest BCUT2D eigenvalue weighted by Crippen LogP contribution is 2.38. The monoisotopic (exact) mass is 223 g/mol. The van der Waals surface area contributed by atoms with Crippen molar-refractivity contribution in [2.45, 2.75) is 65.3 Å². The summed E-state index contributed by atoms with van der Waals surface area (Å²) in [5.74, 6) is 1.40. The minimum Gasteiger partial charge on any atom is -0.353 e. The van der Waals surface area contributed by atoms with Gasteiger partial charge in [0.05, 0.1) is 0 Å². The molecule has 0 spiro atoms. The SMILES string of the molecule is C[C@H]1C[C@@H](NC(=O)C2CCC2)CC(C)(C)C1. The quantitative estimate of drug-likeness (QED) is 0.765. The van der Waals surface area contributed by atoms with E-state index >= 15 is 0 Å². The van der Waals surface area contributed by atoms with Gasteiger partial charge in [0.15, 0.2) is 0 Å². The number of carbonyl (C=O) groups is 1. The van der Waals surface area contributed by atoms with Crippen LogP contribution in [0.2, 0.25) is 0 Å². The molecule has 2 saturated carbocycles. The Hall–Kier alpha value is -0.530. The van der Waals surface area contributed by atoms with Gasteiger partial charge in [-0.1, -0.05) is 27.2 Å². The molecular formula is C14H25NO. The summed E-state index contributed by atoms with van der Waals surface area (Å²) in [5.41, 5.74) is 0.398. The molecule has 1 amide bonds. The zero-order valence-electron chi connectivity index (χ0n) is 10.9. The van der Waals surface area contributed by atoms with Gasteiger partial charge in [-0.3, -0.25) is 4.79 Å². The van der Waals surface area contributed by atoms with Gasteiger partial charge in [0.2, 0.25) is 5.91 Å². The molecule has 0 aliphatic heterocycles. The molecule has 2 aliphatic rings. The molecule has 2 nitrogen and oxygen atoms in total. The Bertz CT molecular complexity index is 268. The number of hydrogen-bond acceptors (Lipinski definition) is 1. The van der Waals surface area contributed by atoms with Crippen molar-refractivity contribution < 1.29 is 4.79 Å². The van der Waals surface area contributed by atoms with Crippen LogP contribution in [-0.4, -0.2) is 11.9 Å². The van der Waals surface area contributed by atoms with Crippen molar-refractivity contribution >= 4 is 5.91 Å². The van der Waals surface area contributed by atoms with Gasteiger partial charge in [0.1, 0.15) is 0 Å². The molecule has 0 unspecified atom stereocenters. The molecule has 0 aromatic rings. The Balaban J connectivity index is 1.86. The maximum absolute atomic E-state index is 11.9. The largest absolute Gasteiger partial charge is 0.353 e. The van der Waals surface area contributed by atoms with Crippen LogP contribution < -0.4 is 5.32 Å². The van der Waals surface area contributed by atoms with E-state index in [4.69, 9.17) is 0 Å². The van der Waals surface area contributed by atoms with Crippen LogP contribution in [0.15, 0.2) is 0 Å². The zero-order chi connectivity index (χ0) is 11.8. The summed E-state index contributed by atoms with van der Waals surface area (Å²) in [5, 5.41) is 3.27. The van der Waals surface area contributed by atoms with Crippen molar-refractivity contribution in [2.75, 3.05) is 0 Å². The van der Waals surface area contributed by atoms with Gasteiger partial charge in [-0.25, -0.2) is 0 Å². The van der Waals surface area contributed by atoms with Crippen LogP contribution in [0.25, 0.3) is 0 Å². The lowest BCUT2D eigenvalue weighted by atomic mass is 9.70. The Kier molecular flexibility index (Phi) is 3.27. The van der Waals surface area contributed by atoms with E-state index in [0.717, 1.165) is 25.2 Å². The van der Waals surface area contributed by atoms with Crippen LogP contribution in [0.3, 0.4) is 0 Å². The lowest BCUT2D eigenvalue weighted by molar-refractivity contribution is -0.128. The average Bonchev–Trinajstić information content (AvgIpc) is 1.94. The highest BCUT2D eigenvalue weighted by molar-refractivity contribution is 5.79. The second kappa shape index (κ2) is 4.38. The summed E-state index contributed by atoms with van der Waals surface area (Å²) in [6, 6.07) is 0.423. The third-order valence-electron chi connectivity index (χ3n) is 4.21. The third-order valence-corrected chi connectivity index (χ3v) is 4.21. The smallest absolute Gasteiger partial charge is 0.223 e. The highest BCUT2D eigenvalue weighted by atomic mass is 16.2. The minimum atomic E-state index is 0.321. The second-order valence-electron chi connectivity index (χ2n) is 6.75. The summed E-state index contributed by atoms with van der Waals surface area (Å²) in [7, 11) is 0. The van der Waals surface area contributed by atoms with E-state index in [9.17, 15) is 4.79 Å². The molecule has 2 rings (SSSR count). The van der Waals surface area contributed by atoms with E-state index in [2.05, 4.69) is 26.1 Å². The fourth-order valence-corrected chi connectivity index (χ4v) is 3.45. The molecule has 0 aromatic carbocycles. The minimum absolute atomic E-state index is 0.321. The van der Waals surface area contributed by atoms with Crippen LogP contribution in [0.1, 0.15) is 59.3 Å². The van der Waals surface area contributed by atoms with E-state index < -0.39 is 0 Å². The molecule has 0 radical (unpaired) electrons. The molecule has 1 N–H and O–H groups in total. The Morgan fingerprint density at radius 3 is 2.44 bits per heavy atom. The molecule has 16 heavy (non-hydrogen) atoms. The van der Waals surface area contributed by atoms with Crippen molar-refractivity contribution in [3.63, 3.8) is 0 Å². The van der Waals surface area contributed by atoms with E-state index in [1.807, 2.05) is 0 Å². The molecule has 2 fully saturated rings. The van der Waals surface area contributed by atoms with Gasteiger partial charge in [0.25, 0.3) is 0 Å². The molecule has 0 aromatic heterocycles. The molecule has 0 heterocycles. The standard InChI is InChI=1S/C14H25NO/c1-10-7-12(9-14(2,3)8-10)15-13(16)11-5-4-6-11/h10-12H,4-9H2,1-3H3,(H,15,16)/t10-,12+/m0/s1. The lowest BCUT2D eigenvalue weighted by Gasteiger charge is -2.40. The fraction of sp³-hybridized carbons (Fsp3) is 0.929. The lowest BCUT2D eigenvalue weighted by Crippen LogP contribution is -2.46. The van der Waals surface area contributed by atoms with E-state index in [0.29, 0.717) is 23.3 Å². The maximum atomic E-state index is 11.9. The summed E-state index contributed by atoms with van der Waals surface area (Å²) in [6.07, 6.45) is 7.07. The first kappa shape index (κ1) is 11.9. The van der Waals surface area contributed by atoms with Crippen molar-refractivity contribution in [2.24, 2.45) is 17.3 Å². The van der Waals surface area contributed by atoms with Gasteiger partial charge in [-0.15, -0.1) is 0 Å². The Labute approximate surface area is 99.2 Å². The first-order chi connectivity index (χ1) is 7.46. The molecular weight excluding hydrogens is 198 g/mol. The first-order valence-electron chi connectivity index (χ1n) is 6.77. The maximum Gasteiger partial charge on any atom is 0.223 e. The van der Waals surface area contributed by atoms with Crippen molar-refractivity contribution in [3.05, 3.63) is 0 Å². The number of carbonyl (C=O) groups excluding carboxylic acids is 1. The average molecular weight is 223 g/mol. The molecule has 2 aliphatic carbocycles. The van der Waals surface area contributed by atoms with Crippen LogP contribution in [0, 0.1) is 17.3 Å². The van der Waals surface area contributed by atoms with E-state index in [1.54, 1.807) is 0 Å². The third kappa shape index (κ3) is 2.78. The van der Waals surface area contributed by atoms with Crippen LogP contribution in [-0.2, 0) is 4.79 Å². The molecule has 2 heteroatoms. The molecule has 2 atom stereocenters. The molecule has 92 valence electrons. The zero-order valence-corrected chi connectivity index (χ0v) is 10.9. The van der Waals surface area contributed by atoms with Gasteiger partial charge >= 0.3 is 0 Å². The first-order valence-corrected chi connectivity index (χ1v) is 6.77. The summed E-state index contributed by atoms with van der Waals surface area (Å²) < 4.78 is 0. The summed E-state index contributed by atoms with van der Waals surface area (Å²) in [4.78, 5) is 11.9. The van der Waals surface area contributed by atoms with Crippen molar-refractivity contribution in [1.29, 1.82) is 0 Å². The second-order valence-corrected chi connectivity index (χ2v) is 6.75. The van der Waals surface area contributed by atoms with E-state index in [1.165, 1.54) is 19.3 Å². The van der Waals surface area contributed by atoms with Crippen molar-refractivity contribution in [1.82, 2.24) is 5.32 Å². The summed E-state index contributed by atoms with van der Waals surface area (Å²) in [6.45, 7) is 6.96. The predicted octanol–water partition coefficient (Wildman–Crippen LogP) is 3.12. The molecule has 0 bridgehead atoms. The number of hydrogen-bond donors (Lipinski definition) is 1. The number of amides is 1. The number of rotatable bonds is 2. The predicted molar refractivity (Wildman–Crippen MR) is 66.1 cm³/mol. The van der Waals surface area contributed by atoms with Gasteiger partial charge in [-0.2, -0.15) is 0 Å². The highest BCUT2D eigenvalue weighted by Gasteiger charge is 2.34. The number of nitrogens with one attached hydrogen (secondary N) is 1. The van der Waals surface area contributed by atoms with E-state index in [-0.39, 0.29) is 0 Å². The van der Waals surface area contributed by atoms with Gasteiger partial charge < -0.3 is 5.32 Å². The van der Waals surface area contributed by atoms with Gasteiger partial charge in [0, 0.05) is 12.0 Å². The Morgan fingerprint density at radius 1 is 1.25 bits per heavy atom. The normalized spacial score (nSPS) is 34.2. The fourth-order valence-electron chi connectivity index (χ4n) is 3.45. The van der Waals surface area contributed by atoms with Crippen LogP contribution in [0.5, 0.6) is 0 Å². The molecule has 0 saturated heterocycles. The van der Waals surface area contributed by atoms with Gasteiger partial charge in [-0.05, 0) is 43.4 Å². The Morgan fingerprint density at radius 2 is 1.94 bits per heavy atom. The topological polar surface area (TPSA) is 29.1 Å². The van der Waals surface area contributed by atoms with Crippen LogP contribution in [0.4, 0.5) is 0 Å². The van der Waals surface area contributed by atoms with Crippen molar-refractivity contribution in [3.8, 4) is 0 Å². The van der Waals surface area contributed by atoms with Crippen LogP contribution >= 0.6 is 0 Å². The summed E-state index contributed by atoms with van der Waals surface area (Å²) >= 11 is 0.